The third-order valence-electron chi connectivity index (χ3n) is 4.36. The average molecular weight is 341 g/mol. The molecule has 0 fully saturated rings. The van der Waals surface area contributed by atoms with Gasteiger partial charge in [0.15, 0.2) is 0 Å². The van der Waals surface area contributed by atoms with Crippen LogP contribution in [0, 0.1) is 6.92 Å². The van der Waals surface area contributed by atoms with Crippen LogP contribution in [0.5, 0.6) is 0 Å². The molecule has 3 aromatic heterocycles. The Hall–Kier alpha value is -3.47. The van der Waals surface area contributed by atoms with E-state index < -0.39 is 0 Å². The molecular weight excluding hydrogens is 322 g/mol. The van der Waals surface area contributed by atoms with Crippen molar-refractivity contribution < 1.29 is 0 Å². The van der Waals surface area contributed by atoms with Crippen LogP contribution in [0.15, 0.2) is 67.9 Å². The van der Waals surface area contributed by atoms with Crippen LogP contribution in [0.3, 0.4) is 0 Å². The molecule has 128 valence electrons. The number of anilines is 1. The quantitative estimate of drug-likeness (QED) is 0.597. The number of benzene rings is 1. The molecule has 5 nitrogen and oxygen atoms in total. The summed E-state index contributed by atoms with van der Waals surface area (Å²) >= 11 is 0. The number of hydrogen-bond donors (Lipinski definition) is 1. The summed E-state index contributed by atoms with van der Waals surface area (Å²) in [6.07, 6.45) is 7.33. The van der Waals surface area contributed by atoms with Gasteiger partial charge in [-0.25, -0.2) is 9.97 Å². The van der Waals surface area contributed by atoms with Gasteiger partial charge in [-0.15, -0.1) is 0 Å². The van der Waals surface area contributed by atoms with Crippen LogP contribution in [0.4, 0.5) is 5.82 Å². The van der Waals surface area contributed by atoms with E-state index in [0.717, 1.165) is 44.8 Å². The van der Waals surface area contributed by atoms with E-state index in [4.69, 9.17) is 0 Å². The second kappa shape index (κ2) is 6.44. The molecule has 0 amide bonds. The molecule has 26 heavy (non-hydrogen) atoms. The van der Waals surface area contributed by atoms with Crippen molar-refractivity contribution >= 4 is 22.3 Å². The minimum atomic E-state index is 0.763. The van der Waals surface area contributed by atoms with Gasteiger partial charge >= 0.3 is 0 Å². The molecule has 0 saturated heterocycles. The molecule has 0 aliphatic heterocycles. The molecule has 4 aromatic rings. The van der Waals surface area contributed by atoms with Gasteiger partial charge in [0.25, 0.3) is 0 Å². The van der Waals surface area contributed by atoms with Crippen molar-refractivity contribution in [3.05, 3.63) is 79.2 Å². The van der Waals surface area contributed by atoms with Gasteiger partial charge < -0.3 is 9.88 Å². The summed E-state index contributed by atoms with van der Waals surface area (Å²) in [6, 6.07) is 12.3. The van der Waals surface area contributed by atoms with E-state index >= 15 is 0 Å². The Bertz CT molecular complexity index is 1110. The maximum atomic E-state index is 4.50. The van der Waals surface area contributed by atoms with E-state index in [1.807, 2.05) is 49.1 Å². The Morgan fingerprint density at radius 3 is 2.69 bits per heavy atom. The molecule has 0 aliphatic rings. The fourth-order valence-corrected chi connectivity index (χ4v) is 2.96. The lowest BCUT2D eigenvalue weighted by atomic mass is 10.1. The first-order chi connectivity index (χ1) is 12.6. The van der Waals surface area contributed by atoms with E-state index in [1.165, 1.54) is 0 Å². The van der Waals surface area contributed by atoms with Crippen LogP contribution < -0.4 is 5.32 Å². The lowest BCUT2D eigenvalue weighted by Crippen LogP contribution is -2.00. The zero-order valence-electron chi connectivity index (χ0n) is 14.8. The average Bonchev–Trinajstić information content (AvgIpc) is 3.07. The van der Waals surface area contributed by atoms with Gasteiger partial charge in [0.1, 0.15) is 5.82 Å². The summed E-state index contributed by atoms with van der Waals surface area (Å²) in [5, 5.41) is 5.49. The maximum absolute atomic E-state index is 4.50. The first kappa shape index (κ1) is 16.0. The number of aryl methyl sites for hydroxylation is 2. The standard InChI is InChI=1S/C21H19N5/c1-14-8-16(6-7-23-14)15(2)25-21-10-19-9-17(4-5-18(19)11-24-21)20-12-22-13-26(20)3/h4-13H,2H2,1,3H3,(H,24,25). The van der Waals surface area contributed by atoms with Crippen LogP contribution in [-0.4, -0.2) is 19.5 Å². The maximum Gasteiger partial charge on any atom is 0.130 e. The van der Waals surface area contributed by atoms with Gasteiger partial charge in [-0.3, -0.25) is 4.98 Å². The van der Waals surface area contributed by atoms with Crippen molar-refractivity contribution in [3.63, 3.8) is 0 Å². The number of hydrogen-bond acceptors (Lipinski definition) is 4. The highest BCUT2D eigenvalue weighted by Gasteiger charge is 2.06. The normalized spacial score (nSPS) is 10.8. The minimum absolute atomic E-state index is 0.763. The Labute approximate surface area is 152 Å². The number of nitrogens with zero attached hydrogens (tertiary/aromatic N) is 4. The number of imidazole rings is 1. The molecule has 0 atom stereocenters. The molecule has 3 heterocycles. The van der Waals surface area contributed by atoms with E-state index in [-0.39, 0.29) is 0 Å². The van der Waals surface area contributed by atoms with Gasteiger partial charge in [-0.2, -0.15) is 0 Å². The smallest absolute Gasteiger partial charge is 0.130 e. The molecule has 1 aromatic carbocycles. The van der Waals surface area contributed by atoms with Crippen molar-refractivity contribution in [2.75, 3.05) is 5.32 Å². The van der Waals surface area contributed by atoms with E-state index in [9.17, 15) is 0 Å². The first-order valence-electron chi connectivity index (χ1n) is 8.35. The Morgan fingerprint density at radius 2 is 1.92 bits per heavy atom. The molecule has 4 rings (SSSR count). The summed E-state index contributed by atoms with van der Waals surface area (Å²) in [5.41, 5.74) is 4.96. The predicted molar refractivity (Wildman–Crippen MR) is 106 cm³/mol. The number of aromatic nitrogens is 4. The van der Waals surface area contributed by atoms with Crippen LogP contribution in [0.2, 0.25) is 0 Å². The highest BCUT2D eigenvalue weighted by atomic mass is 15.0. The zero-order valence-corrected chi connectivity index (χ0v) is 14.8. The second-order valence-electron chi connectivity index (χ2n) is 6.31. The van der Waals surface area contributed by atoms with Crippen molar-refractivity contribution in [2.45, 2.75) is 6.92 Å². The van der Waals surface area contributed by atoms with Crippen molar-refractivity contribution in [1.29, 1.82) is 0 Å². The Morgan fingerprint density at radius 1 is 1.04 bits per heavy atom. The van der Waals surface area contributed by atoms with E-state index in [0.29, 0.717) is 0 Å². The topological polar surface area (TPSA) is 55.6 Å². The molecule has 0 saturated carbocycles. The summed E-state index contributed by atoms with van der Waals surface area (Å²) in [7, 11) is 1.99. The monoisotopic (exact) mass is 341 g/mol. The zero-order chi connectivity index (χ0) is 18.1. The SMILES string of the molecule is C=C(Nc1cc2cc(-c3cncn3C)ccc2cn1)c1ccnc(C)c1. The van der Waals surface area contributed by atoms with Gasteiger partial charge in [0, 0.05) is 47.3 Å². The van der Waals surface area contributed by atoms with Crippen LogP contribution in [0.25, 0.3) is 27.7 Å². The predicted octanol–water partition coefficient (Wildman–Crippen LogP) is 4.42. The van der Waals surface area contributed by atoms with E-state index in [2.05, 4.69) is 45.0 Å². The van der Waals surface area contributed by atoms with Crippen molar-refractivity contribution in [1.82, 2.24) is 19.5 Å². The number of nitrogens with one attached hydrogen (secondary N) is 1. The summed E-state index contributed by atoms with van der Waals surface area (Å²) < 4.78 is 2.01. The summed E-state index contributed by atoms with van der Waals surface area (Å²) in [4.78, 5) is 12.9. The molecule has 5 heteroatoms. The molecule has 1 N–H and O–H groups in total. The molecule has 0 aliphatic carbocycles. The molecule has 0 bridgehead atoms. The molecule has 0 unspecified atom stereocenters. The second-order valence-corrected chi connectivity index (χ2v) is 6.31. The molecule has 0 spiro atoms. The number of fused-ring (bicyclic) bond motifs is 1. The molecular formula is C21H19N5. The number of pyridine rings is 2. The Balaban J connectivity index is 1.66. The van der Waals surface area contributed by atoms with Gasteiger partial charge in [0.05, 0.1) is 18.2 Å². The fraction of sp³-hybridized carbons (Fsp3) is 0.0952. The number of rotatable bonds is 4. The van der Waals surface area contributed by atoms with Crippen LogP contribution in [0.1, 0.15) is 11.3 Å². The molecule has 0 radical (unpaired) electrons. The van der Waals surface area contributed by atoms with Gasteiger partial charge in [0.2, 0.25) is 0 Å². The van der Waals surface area contributed by atoms with Gasteiger partial charge in [-0.05, 0) is 36.6 Å². The highest BCUT2D eigenvalue weighted by Crippen LogP contribution is 2.26. The van der Waals surface area contributed by atoms with Crippen molar-refractivity contribution in [2.24, 2.45) is 7.05 Å². The Kier molecular flexibility index (Phi) is 3.97. The van der Waals surface area contributed by atoms with Crippen LogP contribution >= 0.6 is 0 Å². The summed E-state index contributed by atoms with van der Waals surface area (Å²) in [5.74, 6) is 0.763. The largest absolute Gasteiger partial charge is 0.340 e. The van der Waals surface area contributed by atoms with Gasteiger partial charge in [-0.1, -0.05) is 18.7 Å². The van der Waals surface area contributed by atoms with Crippen LogP contribution in [-0.2, 0) is 7.05 Å². The first-order valence-corrected chi connectivity index (χ1v) is 8.35. The lowest BCUT2D eigenvalue weighted by molar-refractivity contribution is 0.921. The highest BCUT2D eigenvalue weighted by molar-refractivity contribution is 5.89. The van der Waals surface area contributed by atoms with E-state index in [1.54, 1.807) is 12.5 Å². The fourth-order valence-electron chi connectivity index (χ4n) is 2.96. The third kappa shape index (κ3) is 3.07. The summed E-state index contributed by atoms with van der Waals surface area (Å²) in [6.45, 7) is 6.08. The minimum Gasteiger partial charge on any atom is -0.340 e. The van der Waals surface area contributed by atoms with Crippen molar-refractivity contribution in [3.8, 4) is 11.3 Å². The third-order valence-corrected chi connectivity index (χ3v) is 4.36. The lowest BCUT2D eigenvalue weighted by Gasteiger charge is -2.11.